The van der Waals surface area contributed by atoms with E-state index < -0.39 is 5.91 Å². The minimum Gasteiger partial charge on any atom is -0.496 e. The van der Waals surface area contributed by atoms with E-state index >= 15 is 0 Å². The summed E-state index contributed by atoms with van der Waals surface area (Å²) in [6.07, 6.45) is 2.24. The van der Waals surface area contributed by atoms with Crippen LogP contribution in [0, 0.1) is 0 Å². The molecule has 7 nitrogen and oxygen atoms in total. The highest BCUT2D eigenvalue weighted by Crippen LogP contribution is 2.47. The van der Waals surface area contributed by atoms with Gasteiger partial charge in [0.15, 0.2) is 5.76 Å². The Labute approximate surface area is 220 Å². The molecule has 0 fully saturated rings. The van der Waals surface area contributed by atoms with E-state index in [0.717, 1.165) is 12.8 Å². The molecule has 2 aromatic carbocycles. The third-order valence-electron chi connectivity index (χ3n) is 6.87. The van der Waals surface area contributed by atoms with Crippen LogP contribution in [0.15, 0.2) is 45.3 Å². The Morgan fingerprint density at radius 2 is 1.47 bits per heavy atom. The lowest BCUT2D eigenvalue weighted by molar-refractivity contribution is 0.0991. The van der Waals surface area contributed by atoms with E-state index in [1.165, 1.54) is 25.3 Å². The van der Waals surface area contributed by atoms with Gasteiger partial charge >= 0.3 is 5.95 Å². The molecule has 0 unspecified atom stereocenters. The van der Waals surface area contributed by atoms with Gasteiger partial charge in [-0.25, -0.2) is 0 Å². The summed E-state index contributed by atoms with van der Waals surface area (Å²) in [5, 5.41) is 2.80. The van der Waals surface area contributed by atoms with Crippen LogP contribution < -0.4 is 24.3 Å². The highest BCUT2D eigenvalue weighted by Gasteiger charge is 2.37. The second-order valence-corrected chi connectivity index (χ2v) is 11.0. The van der Waals surface area contributed by atoms with Gasteiger partial charge in [-0.15, -0.1) is 0 Å². The fourth-order valence-corrected chi connectivity index (χ4v) is 4.95. The zero-order chi connectivity index (χ0) is 26.3. The number of rotatable bonds is 7. The van der Waals surface area contributed by atoms with Crippen LogP contribution in [0.4, 0.5) is 5.69 Å². The summed E-state index contributed by atoms with van der Waals surface area (Å²) < 4.78 is 28.5. The Morgan fingerprint density at radius 3 is 2.06 bits per heavy atom. The molecule has 192 valence electrons. The lowest BCUT2D eigenvalue weighted by Crippen LogP contribution is -2.33. The summed E-state index contributed by atoms with van der Waals surface area (Å²) >= 11 is 3.45. The molecule has 0 atom stereocenters. The smallest absolute Gasteiger partial charge is 0.305 e. The molecule has 0 radical (unpaired) electrons. The molecular formula is C28H32BrNO6. The van der Waals surface area contributed by atoms with E-state index in [0.29, 0.717) is 33.2 Å². The Morgan fingerprint density at radius 1 is 0.861 bits per heavy atom. The molecule has 1 heterocycles. The molecule has 3 aromatic rings. The van der Waals surface area contributed by atoms with Gasteiger partial charge in [0.2, 0.25) is 0 Å². The topological polar surface area (TPSA) is 79.2 Å². The monoisotopic (exact) mass is 557 g/mol. The average Bonchev–Trinajstić information content (AvgIpc) is 3.22. The van der Waals surface area contributed by atoms with Crippen molar-refractivity contribution in [1.82, 2.24) is 0 Å². The molecule has 36 heavy (non-hydrogen) atoms. The minimum absolute atomic E-state index is 0.0478. The first-order valence-electron chi connectivity index (χ1n) is 11.7. The summed E-state index contributed by atoms with van der Waals surface area (Å²) in [6.45, 7) is 9.08. The highest BCUT2D eigenvalue weighted by molar-refractivity contribution is 9.10. The number of fused-ring (bicyclic) bond motifs is 1. The second kappa shape index (κ2) is 9.73. The molecule has 0 saturated heterocycles. The molecule has 0 aliphatic heterocycles. The number of ether oxygens (including phenoxy) is 4. The van der Waals surface area contributed by atoms with E-state index in [4.69, 9.17) is 23.4 Å². The van der Waals surface area contributed by atoms with Crippen molar-refractivity contribution in [3.8, 4) is 28.9 Å². The fraction of sp³-hybridized carbons (Fsp3) is 0.393. The number of benzene rings is 2. The van der Waals surface area contributed by atoms with Crippen molar-refractivity contribution in [3.05, 3.63) is 57.8 Å². The van der Waals surface area contributed by atoms with E-state index in [1.54, 1.807) is 25.3 Å². The molecule has 4 rings (SSSR count). The minimum atomic E-state index is -0.486. The van der Waals surface area contributed by atoms with Crippen molar-refractivity contribution in [1.29, 1.82) is 0 Å². The van der Waals surface area contributed by atoms with Gasteiger partial charge in [0, 0.05) is 18.2 Å². The van der Waals surface area contributed by atoms with Crippen LogP contribution in [0.1, 0.15) is 62.2 Å². The van der Waals surface area contributed by atoms with Crippen LogP contribution in [0.2, 0.25) is 0 Å². The van der Waals surface area contributed by atoms with Crippen molar-refractivity contribution in [2.45, 2.75) is 51.4 Å². The number of carbonyl (C=O) groups is 1. The van der Waals surface area contributed by atoms with Crippen LogP contribution in [0.3, 0.4) is 0 Å². The largest absolute Gasteiger partial charge is 0.496 e. The van der Waals surface area contributed by atoms with Gasteiger partial charge in [-0.3, -0.25) is 4.79 Å². The summed E-state index contributed by atoms with van der Waals surface area (Å²) in [7, 11) is 4.54. The Hall–Kier alpha value is -3.13. The molecule has 1 amide bonds. The Bertz CT molecular complexity index is 1270. The molecule has 1 N–H and O–H groups in total. The van der Waals surface area contributed by atoms with Crippen molar-refractivity contribution in [2.75, 3.05) is 26.6 Å². The van der Waals surface area contributed by atoms with Crippen LogP contribution in [-0.2, 0) is 10.8 Å². The molecule has 0 bridgehead atoms. The van der Waals surface area contributed by atoms with Crippen molar-refractivity contribution in [3.63, 3.8) is 0 Å². The second-order valence-electron chi connectivity index (χ2n) is 10.2. The number of carbonyl (C=O) groups excluding carboxylic acids is 1. The Kier molecular flexibility index (Phi) is 7.01. The van der Waals surface area contributed by atoms with E-state index in [1.807, 2.05) is 6.07 Å². The van der Waals surface area contributed by atoms with E-state index in [2.05, 4.69) is 61.1 Å². The molecule has 1 aliphatic carbocycles. The van der Waals surface area contributed by atoms with Crippen LogP contribution in [-0.4, -0.2) is 27.2 Å². The van der Waals surface area contributed by atoms with Crippen LogP contribution in [0.25, 0.3) is 0 Å². The molecule has 1 aromatic heterocycles. The first-order chi connectivity index (χ1) is 17.0. The number of hydrogen-bond donors (Lipinski definition) is 1. The van der Waals surface area contributed by atoms with Gasteiger partial charge < -0.3 is 28.7 Å². The van der Waals surface area contributed by atoms with Crippen LogP contribution >= 0.6 is 15.9 Å². The van der Waals surface area contributed by atoms with Crippen molar-refractivity contribution >= 4 is 27.5 Å². The van der Waals surface area contributed by atoms with Crippen molar-refractivity contribution in [2.24, 2.45) is 0 Å². The lowest BCUT2D eigenvalue weighted by atomic mass is 9.63. The Balaban J connectivity index is 1.59. The average molecular weight is 558 g/mol. The lowest BCUT2D eigenvalue weighted by Gasteiger charge is -2.41. The predicted octanol–water partition coefficient (Wildman–Crippen LogP) is 7.46. The molecular weight excluding hydrogens is 526 g/mol. The number of nitrogens with one attached hydrogen (secondary N) is 1. The van der Waals surface area contributed by atoms with Crippen molar-refractivity contribution < 1.29 is 28.2 Å². The van der Waals surface area contributed by atoms with Gasteiger partial charge in [-0.2, -0.15) is 0 Å². The number of hydrogen-bond acceptors (Lipinski definition) is 6. The van der Waals surface area contributed by atoms with Gasteiger partial charge in [0.25, 0.3) is 5.91 Å². The normalized spacial score (nSPS) is 15.6. The number of amides is 1. The van der Waals surface area contributed by atoms with Gasteiger partial charge in [-0.05, 0) is 62.9 Å². The number of halogens is 1. The van der Waals surface area contributed by atoms with Crippen LogP contribution in [0.5, 0.6) is 28.9 Å². The summed E-state index contributed by atoms with van der Waals surface area (Å²) in [5.41, 5.74) is 3.14. The first-order valence-corrected chi connectivity index (χ1v) is 12.5. The first kappa shape index (κ1) is 25.9. The van der Waals surface area contributed by atoms with Gasteiger partial charge in [-0.1, -0.05) is 33.8 Å². The zero-order valence-corrected chi connectivity index (χ0v) is 23.3. The quantitative estimate of drug-likeness (QED) is 0.324. The molecule has 0 saturated carbocycles. The predicted molar refractivity (Wildman–Crippen MR) is 142 cm³/mol. The third-order valence-corrected chi connectivity index (χ3v) is 7.42. The summed E-state index contributed by atoms with van der Waals surface area (Å²) in [6, 6.07) is 11.0. The maximum atomic E-state index is 13.0. The highest BCUT2D eigenvalue weighted by atomic mass is 79.9. The SMILES string of the molecule is COc1cc(OC)c(NC(=O)c2cc(Br)c(Oc3ccc4c(c3)C(C)(C)CCC4(C)C)o2)c(OC)c1. The number of methoxy groups -OCH3 is 3. The number of anilines is 1. The number of furan rings is 1. The summed E-state index contributed by atoms with van der Waals surface area (Å²) in [5.74, 6) is 1.75. The summed E-state index contributed by atoms with van der Waals surface area (Å²) in [4.78, 5) is 13.0. The van der Waals surface area contributed by atoms with Gasteiger partial charge in [0.1, 0.15) is 33.2 Å². The zero-order valence-electron chi connectivity index (χ0n) is 21.7. The maximum absolute atomic E-state index is 13.0. The van der Waals surface area contributed by atoms with E-state index in [9.17, 15) is 4.79 Å². The van der Waals surface area contributed by atoms with E-state index in [-0.39, 0.29) is 22.5 Å². The maximum Gasteiger partial charge on any atom is 0.305 e. The molecule has 0 spiro atoms. The third kappa shape index (κ3) is 4.91. The molecule has 8 heteroatoms. The van der Waals surface area contributed by atoms with Gasteiger partial charge in [0.05, 0.1) is 21.3 Å². The standard InChI is InChI=1S/C28H32BrNO6/c1-27(2)10-11-28(3,4)19-12-16(8-9-18(19)27)35-26-20(29)15-23(36-26)25(31)30-24-21(33-6)13-17(32-5)14-22(24)34-7/h8-9,12-15H,10-11H2,1-7H3,(H,30,31). The fourth-order valence-electron chi connectivity index (χ4n) is 4.58. The molecule has 1 aliphatic rings.